The van der Waals surface area contributed by atoms with Crippen LogP contribution in [0.3, 0.4) is 0 Å². The minimum absolute atomic E-state index is 0.148. The van der Waals surface area contributed by atoms with E-state index in [-0.39, 0.29) is 16.8 Å². The molecule has 0 heterocycles. The lowest BCUT2D eigenvalue weighted by Gasteiger charge is -2.19. The molecule has 2 aromatic carbocycles. The monoisotopic (exact) mass is 388 g/mol. The Bertz CT molecular complexity index is 855. The summed E-state index contributed by atoms with van der Waals surface area (Å²) in [4.78, 5) is 12.7. The Morgan fingerprint density at radius 1 is 0.963 bits per heavy atom. The van der Waals surface area contributed by atoms with Gasteiger partial charge in [0.15, 0.2) is 0 Å². The Balaban J connectivity index is 2.10. The first-order chi connectivity index (χ1) is 12.8. The van der Waals surface area contributed by atoms with Gasteiger partial charge in [0.1, 0.15) is 0 Å². The minimum atomic E-state index is -3.47. The van der Waals surface area contributed by atoms with E-state index in [1.807, 2.05) is 45.0 Å². The van der Waals surface area contributed by atoms with Crippen LogP contribution >= 0.6 is 0 Å². The van der Waals surface area contributed by atoms with Gasteiger partial charge in [0.2, 0.25) is 10.0 Å². The first-order valence-electron chi connectivity index (χ1n) is 9.33. The quantitative estimate of drug-likeness (QED) is 0.748. The van der Waals surface area contributed by atoms with E-state index < -0.39 is 10.0 Å². The number of sulfonamides is 1. The molecule has 0 aliphatic rings. The van der Waals surface area contributed by atoms with Gasteiger partial charge in [-0.05, 0) is 48.7 Å². The van der Waals surface area contributed by atoms with Gasteiger partial charge in [-0.3, -0.25) is 4.79 Å². The Kier molecular flexibility index (Phi) is 7.16. The number of nitrogens with zero attached hydrogens (tertiary/aromatic N) is 1. The predicted molar refractivity (Wildman–Crippen MR) is 108 cm³/mol. The molecule has 0 aromatic heterocycles. The van der Waals surface area contributed by atoms with Gasteiger partial charge in [0.05, 0.1) is 10.9 Å². The van der Waals surface area contributed by atoms with Gasteiger partial charge in [0.25, 0.3) is 5.91 Å². The second-order valence-corrected chi connectivity index (χ2v) is 8.34. The molecule has 5 nitrogen and oxygen atoms in total. The van der Waals surface area contributed by atoms with Crippen molar-refractivity contribution in [2.24, 2.45) is 0 Å². The molecule has 146 valence electrons. The number of carbonyl (C=O) groups is 1. The maximum Gasteiger partial charge on any atom is 0.251 e. The summed E-state index contributed by atoms with van der Waals surface area (Å²) in [6.07, 6.45) is 0.932. The standard InChI is InChI=1S/C21H28N2O3S/c1-5-17-8-10-19(11-9-17)21(24)22-16(4)18-12-14-20(15-13-18)27(25,26)23(6-2)7-3/h8-16H,5-7H2,1-4H3,(H,22,24). The minimum Gasteiger partial charge on any atom is -0.346 e. The summed E-state index contributed by atoms with van der Waals surface area (Å²) >= 11 is 0. The first kappa shape index (κ1) is 21.1. The van der Waals surface area contributed by atoms with Gasteiger partial charge in [-0.25, -0.2) is 8.42 Å². The van der Waals surface area contributed by atoms with Gasteiger partial charge < -0.3 is 5.32 Å². The molecule has 0 aliphatic carbocycles. The lowest BCUT2D eigenvalue weighted by Crippen LogP contribution is -2.30. The molecule has 0 fully saturated rings. The predicted octanol–water partition coefficient (Wildman–Crippen LogP) is 3.77. The molecule has 0 radical (unpaired) electrons. The zero-order chi connectivity index (χ0) is 20.0. The van der Waals surface area contributed by atoms with Crippen molar-refractivity contribution in [2.75, 3.05) is 13.1 Å². The normalized spacial score (nSPS) is 12.8. The average Bonchev–Trinajstić information content (AvgIpc) is 2.68. The molecule has 1 N–H and O–H groups in total. The van der Waals surface area contributed by atoms with Crippen molar-refractivity contribution < 1.29 is 13.2 Å². The molecular formula is C21H28N2O3S. The smallest absolute Gasteiger partial charge is 0.251 e. The van der Waals surface area contributed by atoms with E-state index in [4.69, 9.17) is 0 Å². The number of benzene rings is 2. The van der Waals surface area contributed by atoms with E-state index in [0.29, 0.717) is 18.7 Å². The zero-order valence-electron chi connectivity index (χ0n) is 16.4. The number of amides is 1. The highest BCUT2D eigenvalue weighted by Gasteiger charge is 2.21. The Morgan fingerprint density at radius 2 is 1.52 bits per heavy atom. The fourth-order valence-corrected chi connectivity index (χ4v) is 4.35. The molecule has 0 aliphatic heterocycles. The number of nitrogens with one attached hydrogen (secondary N) is 1. The van der Waals surface area contributed by atoms with Crippen molar-refractivity contribution in [3.63, 3.8) is 0 Å². The average molecular weight is 389 g/mol. The van der Waals surface area contributed by atoms with E-state index in [1.54, 1.807) is 24.3 Å². The molecule has 0 saturated carbocycles. The Hall–Kier alpha value is -2.18. The molecular weight excluding hydrogens is 360 g/mol. The summed E-state index contributed by atoms with van der Waals surface area (Å²) in [5.74, 6) is -0.148. The number of rotatable bonds is 8. The number of carbonyl (C=O) groups excluding carboxylic acids is 1. The van der Waals surface area contributed by atoms with Crippen molar-refractivity contribution in [3.05, 3.63) is 65.2 Å². The summed E-state index contributed by atoms with van der Waals surface area (Å²) in [7, 11) is -3.47. The summed E-state index contributed by atoms with van der Waals surface area (Å²) in [6, 6.07) is 14.0. The second kappa shape index (κ2) is 9.15. The zero-order valence-corrected chi connectivity index (χ0v) is 17.2. The fourth-order valence-electron chi connectivity index (χ4n) is 2.90. The summed E-state index contributed by atoms with van der Waals surface area (Å²) in [5.41, 5.74) is 2.65. The summed E-state index contributed by atoms with van der Waals surface area (Å²) in [5, 5.41) is 2.95. The second-order valence-electron chi connectivity index (χ2n) is 6.40. The molecule has 27 heavy (non-hydrogen) atoms. The van der Waals surface area contributed by atoms with Crippen LogP contribution in [-0.4, -0.2) is 31.7 Å². The molecule has 0 saturated heterocycles. The number of hydrogen-bond acceptors (Lipinski definition) is 3. The summed E-state index contributed by atoms with van der Waals surface area (Å²) in [6.45, 7) is 8.46. The molecule has 1 unspecified atom stereocenters. The Labute approximate surface area is 162 Å². The lowest BCUT2D eigenvalue weighted by molar-refractivity contribution is 0.0940. The fraction of sp³-hybridized carbons (Fsp3) is 0.381. The maximum atomic E-state index is 12.5. The first-order valence-corrected chi connectivity index (χ1v) is 10.8. The van der Waals surface area contributed by atoms with Crippen LogP contribution in [0.15, 0.2) is 53.4 Å². The van der Waals surface area contributed by atoms with E-state index in [2.05, 4.69) is 12.2 Å². The van der Waals surface area contributed by atoms with Crippen LogP contribution in [0.4, 0.5) is 0 Å². The third-order valence-corrected chi connectivity index (χ3v) is 6.76. The molecule has 0 spiro atoms. The molecule has 1 atom stereocenters. The lowest BCUT2D eigenvalue weighted by atomic mass is 10.1. The van der Waals surface area contributed by atoms with Crippen LogP contribution in [0.2, 0.25) is 0 Å². The SMILES string of the molecule is CCc1ccc(C(=O)NC(C)c2ccc(S(=O)(=O)N(CC)CC)cc2)cc1. The van der Waals surface area contributed by atoms with Crippen LogP contribution in [0, 0.1) is 0 Å². The van der Waals surface area contributed by atoms with Crippen molar-refractivity contribution in [2.45, 2.75) is 45.1 Å². The van der Waals surface area contributed by atoms with Gasteiger partial charge >= 0.3 is 0 Å². The molecule has 6 heteroatoms. The summed E-state index contributed by atoms with van der Waals surface area (Å²) < 4.78 is 26.5. The van der Waals surface area contributed by atoms with E-state index in [1.165, 1.54) is 9.87 Å². The van der Waals surface area contributed by atoms with Gasteiger partial charge in [-0.1, -0.05) is 45.0 Å². The molecule has 0 bridgehead atoms. The number of aryl methyl sites for hydroxylation is 1. The van der Waals surface area contributed by atoms with E-state index >= 15 is 0 Å². The van der Waals surface area contributed by atoms with Crippen LogP contribution < -0.4 is 5.32 Å². The van der Waals surface area contributed by atoms with E-state index in [9.17, 15) is 13.2 Å². The van der Waals surface area contributed by atoms with Crippen molar-refractivity contribution in [1.29, 1.82) is 0 Å². The Morgan fingerprint density at radius 3 is 2.00 bits per heavy atom. The van der Waals surface area contributed by atoms with Crippen molar-refractivity contribution in [3.8, 4) is 0 Å². The van der Waals surface area contributed by atoms with Crippen LogP contribution in [0.1, 0.15) is 55.2 Å². The molecule has 2 aromatic rings. The van der Waals surface area contributed by atoms with Crippen molar-refractivity contribution in [1.82, 2.24) is 9.62 Å². The van der Waals surface area contributed by atoms with Crippen LogP contribution in [-0.2, 0) is 16.4 Å². The molecule has 2 rings (SSSR count). The highest BCUT2D eigenvalue weighted by Crippen LogP contribution is 2.20. The maximum absolute atomic E-state index is 12.5. The highest BCUT2D eigenvalue weighted by molar-refractivity contribution is 7.89. The van der Waals surface area contributed by atoms with Gasteiger partial charge in [0, 0.05) is 18.7 Å². The molecule has 1 amide bonds. The van der Waals surface area contributed by atoms with Crippen molar-refractivity contribution >= 4 is 15.9 Å². The topological polar surface area (TPSA) is 66.5 Å². The largest absolute Gasteiger partial charge is 0.346 e. The van der Waals surface area contributed by atoms with Crippen LogP contribution in [0.25, 0.3) is 0 Å². The van der Waals surface area contributed by atoms with E-state index in [0.717, 1.165) is 12.0 Å². The third kappa shape index (κ3) is 4.96. The van der Waals surface area contributed by atoms with Crippen LogP contribution in [0.5, 0.6) is 0 Å². The van der Waals surface area contributed by atoms with Gasteiger partial charge in [-0.15, -0.1) is 0 Å². The number of hydrogen-bond donors (Lipinski definition) is 1. The third-order valence-electron chi connectivity index (χ3n) is 4.70. The highest BCUT2D eigenvalue weighted by atomic mass is 32.2. The van der Waals surface area contributed by atoms with Gasteiger partial charge in [-0.2, -0.15) is 4.31 Å².